The fourth-order valence-corrected chi connectivity index (χ4v) is 3.82. The van der Waals surface area contributed by atoms with Crippen molar-refractivity contribution >= 4 is 20.0 Å². The third-order valence-corrected chi connectivity index (χ3v) is 5.22. The minimum Gasteiger partial charge on any atom is -0.454 e. The van der Waals surface area contributed by atoms with E-state index in [-0.39, 0.29) is 6.79 Å². The van der Waals surface area contributed by atoms with Crippen LogP contribution in [-0.2, 0) is 4.57 Å². The van der Waals surface area contributed by atoms with Crippen LogP contribution in [-0.4, -0.2) is 33.4 Å². The largest absolute Gasteiger partial charge is 0.747 e. The summed E-state index contributed by atoms with van der Waals surface area (Å²) in [5.74, 6) is 1.72. The number of aromatic amines is 1. The number of fused-ring (bicyclic) bond motifs is 1. The molecule has 0 aliphatic carbocycles. The molecule has 2 heterocycles. The van der Waals surface area contributed by atoms with Crippen LogP contribution >= 0.6 is 20.0 Å². The van der Waals surface area contributed by atoms with Crippen LogP contribution in [0.5, 0.6) is 17.2 Å². The molecule has 1 aromatic heterocycles. The predicted octanol–water partition coefficient (Wildman–Crippen LogP) is 3.93. The molecule has 8 nitrogen and oxygen atoms in total. The predicted molar refractivity (Wildman–Crippen MR) is 100 cm³/mol. The van der Waals surface area contributed by atoms with Crippen molar-refractivity contribution in [2.75, 3.05) is 13.0 Å². The quantitative estimate of drug-likeness (QED) is 0.487. The summed E-state index contributed by atoms with van der Waals surface area (Å²) < 4.78 is 27.1. The smallest absolute Gasteiger partial charge is 0.454 e. The number of nitrogens with zero attached hydrogens (tertiary/aromatic N) is 2. The SMILES string of the molecule is CSc1ccc(-c2n[nH]nc2-c2cc(C)c3c(c2)OCO3)cc1O[P+](=O)O. The molecule has 1 atom stereocenters. The van der Waals surface area contributed by atoms with E-state index in [9.17, 15) is 4.57 Å². The number of aryl methyl sites for hydroxylation is 1. The van der Waals surface area contributed by atoms with Gasteiger partial charge in [-0.3, -0.25) is 0 Å². The lowest BCUT2D eigenvalue weighted by Gasteiger charge is -2.07. The molecule has 1 unspecified atom stereocenters. The van der Waals surface area contributed by atoms with Gasteiger partial charge in [0.05, 0.1) is 4.90 Å². The molecular weight excluding hydrogens is 389 g/mol. The van der Waals surface area contributed by atoms with Crippen molar-refractivity contribution in [1.82, 2.24) is 15.4 Å². The van der Waals surface area contributed by atoms with Crippen LogP contribution in [0.4, 0.5) is 0 Å². The first-order valence-corrected chi connectivity index (χ1v) is 10.3. The van der Waals surface area contributed by atoms with Gasteiger partial charge in [-0.25, -0.2) is 4.52 Å². The van der Waals surface area contributed by atoms with Crippen LogP contribution in [0.1, 0.15) is 5.56 Å². The molecule has 138 valence electrons. The first-order valence-electron chi connectivity index (χ1n) is 7.90. The number of hydrogen-bond donors (Lipinski definition) is 2. The Labute approximate surface area is 159 Å². The Morgan fingerprint density at radius 2 is 1.96 bits per heavy atom. The fraction of sp³-hybridized carbons (Fsp3) is 0.176. The number of H-pyrrole nitrogens is 1. The van der Waals surface area contributed by atoms with Crippen LogP contribution in [0.2, 0.25) is 0 Å². The molecule has 0 saturated heterocycles. The highest BCUT2D eigenvalue weighted by molar-refractivity contribution is 7.98. The Morgan fingerprint density at radius 3 is 2.70 bits per heavy atom. The second-order valence-corrected chi connectivity index (χ2v) is 7.25. The number of benzene rings is 2. The van der Waals surface area contributed by atoms with E-state index < -0.39 is 8.25 Å². The van der Waals surface area contributed by atoms with Crippen LogP contribution in [0.15, 0.2) is 35.2 Å². The molecule has 1 aliphatic heterocycles. The van der Waals surface area contributed by atoms with E-state index in [0.717, 1.165) is 21.8 Å². The maximum absolute atomic E-state index is 11.1. The minimum atomic E-state index is -2.77. The van der Waals surface area contributed by atoms with Gasteiger partial charge in [0.25, 0.3) is 0 Å². The summed E-state index contributed by atoms with van der Waals surface area (Å²) in [6.45, 7) is 2.13. The van der Waals surface area contributed by atoms with Crippen molar-refractivity contribution < 1.29 is 23.5 Å². The second-order valence-electron chi connectivity index (χ2n) is 5.74. The average Bonchev–Trinajstić information content (AvgIpc) is 3.30. The van der Waals surface area contributed by atoms with Crippen LogP contribution in [0.25, 0.3) is 22.5 Å². The van der Waals surface area contributed by atoms with Crippen LogP contribution < -0.4 is 14.0 Å². The number of thioether (sulfide) groups is 1. The topological polar surface area (TPSA) is 107 Å². The van der Waals surface area contributed by atoms with E-state index in [4.69, 9.17) is 18.9 Å². The molecule has 0 amide bonds. The molecule has 0 radical (unpaired) electrons. The van der Waals surface area contributed by atoms with Gasteiger partial charge in [-0.15, -0.1) is 16.7 Å². The molecule has 0 spiro atoms. The maximum atomic E-state index is 11.1. The van der Waals surface area contributed by atoms with E-state index in [1.165, 1.54) is 11.8 Å². The second kappa shape index (κ2) is 7.19. The number of ether oxygens (including phenoxy) is 2. The molecule has 2 aromatic carbocycles. The Morgan fingerprint density at radius 1 is 1.19 bits per heavy atom. The highest BCUT2D eigenvalue weighted by atomic mass is 32.2. The Hall–Kier alpha value is -2.61. The molecule has 1 aliphatic rings. The van der Waals surface area contributed by atoms with Crippen LogP contribution in [0, 0.1) is 6.92 Å². The Bertz CT molecular complexity index is 1040. The van der Waals surface area contributed by atoms with Gasteiger partial charge in [0.15, 0.2) is 11.5 Å². The molecule has 0 fully saturated rings. The highest BCUT2D eigenvalue weighted by Gasteiger charge is 2.23. The molecule has 10 heteroatoms. The van der Waals surface area contributed by atoms with E-state index in [0.29, 0.717) is 28.5 Å². The average molecular weight is 404 g/mol. The molecule has 27 heavy (non-hydrogen) atoms. The molecular formula is C17H15N3O5PS+. The highest BCUT2D eigenvalue weighted by Crippen LogP contribution is 2.42. The maximum Gasteiger partial charge on any atom is 0.747 e. The molecule has 4 rings (SSSR count). The van der Waals surface area contributed by atoms with Crippen molar-refractivity contribution in [3.8, 4) is 39.8 Å². The summed E-state index contributed by atoms with van der Waals surface area (Å²) in [5, 5.41) is 11.2. The van der Waals surface area contributed by atoms with Gasteiger partial charge in [0.1, 0.15) is 11.4 Å². The minimum absolute atomic E-state index is 0.196. The summed E-state index contributed by atoms with van der Waals surface area (Å²) in [4.78, 5) is 9.87. The zero-order valence-electron chi connectivity index (χ0n) is 14.4. The summed E-state index contributed by atoms with van der Waals surface area (Å²) in [6, 6.07) is 9.17. The zero-order chi connectivity index (χ0) is 19.0. The van der Waals surface area contributed by atoms with E-state index >= 15 is 0 Å². The van der Waals surface area contributed by atoms with Crippen molar-refractivity contribution in [2.45, 2.75) is 11.8 Å². The Kier molecular flexibility index (Phi) is 4.73. The lowest BCUT2D eigenvalue weighted by atomic mass is 10.0. The first kappa shape index (κ1) is 17.8. The normalized spacial score (nSPS) is 12.9. The van der Waals surface area contributed by atoms with Gasteiger partial charge in [-0.1, -0.05) is 6.07 Å². The monoisotopic (exact) mass is 404 g/mol. The number of hydrogen-bond acceptors (Lipinski definition) is 7. The van der Waals surface area contributed by atoms with E-state index in [1.54, 1.807) is 6.07 Å². The van der Waals surface area contributed by atoms with Gasteiger partial charge < -0.3 is 9.47 Å². The first-order chi connectivity index (χ1) is 13.1. The fourth-order valence-electron chi connectivity index (χ4n) is 2.94. The van der Waals surface area contributed by atoms with Crippen LogP contribution in [0.3, 0.4) is 0 Å². The summed E-state index contributed by atoms with van der Waals surface area (Å²) in [6.07, 6.45) is 1.86. The van der Waals surface area contributed by atoms with E-state index in [2.05, 4.69) is 15.4 Å². The van der Waals surface area contributed by atoms with Gasteiger partial charge in [0.2, 0.25) is 12.5 Å². The standard InChI is InChI=1S/C17H14N3O5PS/c1-9-5-11(7-13-17(9)24-8-23-13)16-15(18-20-19-16)10-3-4-14(27-2)12(6-10)25-26(21)22/h3-7H,8H2,1-2H3,(H-,18,19,20,21,22)/p+1. The third-order valence-electron chi connectivity index (χ3n) is 4.09. The van der Waals surface area contributed by atoms with Crippen molar-refractivity contribution in [3.05, 3.63) is 35.9 Å². The molecule has 3 aromatic rings. The lowest BCUT2D eigenvalue weighted by molar-refractivity contribution is 0.173. The van der Waals surface area contributed by atoms with Crippen molar-refractivity contribution in [3.63, 3.8) is 0 Å². The molecule has 2 N–H and O–H groups in total. The summed E-state index contributed by atoms with van der Waals surface area (Å²) >= 11 is 1.42. The molecule has 0 saturated carbocycles. The molecule has 0 bridgehead atoms. The van der Waals surface area contributed by atoms with Gasteiger partial charge in [0, 0.05) is 15.7 Å². The number of aromatic nitrogens is 3. The van der Waals surface area contributed by atoms with Gasteiger partial charge >= 0.3 is 8.25 Å². The summed E-state index contributed by atoms with van der Waals surface area (Å²) in [7, 11) is -2.77. The number of nitrogens with one attached hydrogen (secondary N) is 1. The van der Waals surface area contributed by atoms with Crippen molar-refractivity contribution in [1.29, 1.82) is 0 Å². The number of rotatable bonds is 5. The lowest BCUT2D eigenvalue weighted by Crippen LogP contribution is -1.93. The zero-order valence-corrected chi connectivity index (χ0v) is 16.1. The summed E-state index contributed by atoms with van der Waals surface area (Å²) in [5.41, 5.74) is 3.70. The van der Waals surface area contributed by atoms with Gasteiger partial charge in [-0.2, -0.15) is 15.4 Å². The third kappa shape index (κ3) is 3.37. The van der Waals surface area contributed by atoms with Gasteiger partial charge in [-0.05, 0) is 43.0 Å². The van der Waals surface area contributed by atoms with E-state index in [1.807, 2.05) is 37.4 Å². The van der Waals surface area contributed by atoms with Crippen molar-refractivity contribution in [2.24, 2.45) is 0 Å². The Balaban J connectivity index is 1.79.